The number of hydrazine groups is 1. The van der Waals surface area contributed by atoms with Crippen molar-refractivity contribution < 1.29 is 14.3 Å². The van der Waals surface area contributed by atoms with Gasteiger partial charge in [-0.3, -0.25) is 0 Å². The molecule has 0 aromatic carbocycles. The van der Waals surface area contributed by atoms with E-state index in [4.69, 9.17) is 9.47 Å². The van der Waals surface area contributed by atoms with E-state index in [1.54, 1.807) is 6.92 Å². The molecule has 0 aliphatic carbocycles. The molecule has 5 heteroatoms. The normalized spacial score (nSPS) is 19.5. The number of ether oxygens (including phenoxy) is 2. The molecule has 1 unspecified atom stereocenters. The van der Waals surface area contributed by atoms with Gasteiger partial charge < -0.3 is 9.47 Å². The van der Waals surface area contributed by atoms with Gasteiger partial charge in [0.05, 0.1) is 13.2 Å². The van der Waals surface area contributed by atoms with Crippen LogP contribution in [0.2, 0.25) is 0 Å². The van der Waals surface area contributed by atoms with Gasteiger partial charge >= 0.3 is 5.97 Å². The maximum Gasteiger partial charge on any atom is 0.334 e. The Morgan fingerprint density at radius 2 is 2.06 bits per heavy atom. The van der Waals surface area contributed by atoms with Crippen molar-refractivity contribution in [3.05, 3.63) is 12.2 Å². The number of esters is 1. The summed E-state index contributed by atoms with van der Waals surface area (Å²) in [5, 5.41) is 4.03. The van der Waals surface area contributed by atoms with E-state index in [2.05, 4.69) is 11.6 Å². The van der Waals surface area contributed by atoms with Gasteiger partial charge in [0.25, 0.3) is 0 Å². The summed E-state index contributed by atoms with van der Waals surface area (Å²) in [6, 6.07) is 0. The minimum Gasteiger partial charge on any atom is -0.442 e. The lowest BCUT2D eigenvalue weighted by molar-refractivity contribution is -0.181. The van der Waals surface area contributed by atoms with Gasteiger partial charge in [0.1, 0.15) is 0 Å². The fourth-order valence-electron chi connectivity index (χ4n) is 1.43. The number of morpholine rings is 1. The van der Waals surface area contributed by atoms with Gasteiger partial charge in [-0.2, -0.15) is 0 Å². The fraction of sp³-hybridized carbons (Fsp3) is 0.727. The number of hydrogen-bond donors (Lipinski definition) is 0. The summed E-state index contributed by atoms with van der Waals surface area (Å²) in [5.41, 5.74) is 0.419. The topological polar surface area (TPSA) is 42.0 Å². The fourth-order valence-corrected chi connectivity index (χ4v) is 1.43. The first-order chi connectivity index (χ1) is 7.52. The highest BCUT2D eigenvalue weighted by Gasteiger charge is 2.22. The Morgan fingerprint density at radius 3 is 2.56 bits per heavy atom. The Hall–Kier alpha value is -0.910. The molecular formula is C11H20N2O3. The van der Waals surface area contributed by atoms with Crippen molar-refractivity contribution in [1.29, 1.82) is 0 Å². The van der Waals surface area contributed by atoms with Crippen LogP contribution in [-0.4, -0.2) is 55.6 Å². The minimum atomic E-state index is -0.354. The molecule has 1 saturated heterocycles. The predicted octanol–water partition coefficient (Wildman–Crippen LogP) is 0.631. The van der Waals surface area contributed by atoms with Crippen molar-refractivity contribution in [2.24, 2.45) is 0 Å². The second-order valence-electron chi connectivity index (χ2n) is 3.92. The molecule has 0 amide bonds. The van der Waals surface area contributed by atoms with Gasteiger partial charge in [-0.05, 0) is 13.8 Å². The van der Waals surface area contributed by atoms with Crippen molar-refractivity contribution in [3.8, 4) is 0 Å². The van der Waals surface area contributed by atoms with Crippen LogP contribution in [0.4, 0.5) is 0 Å². The summed E-state index contributed by atoms with van der Waals surface area (Å²) >= 11 is 0. The standard InChI is InChI=1S/C11H20N2O3/c1-9(2)11(14)16-10(3)12(4)13-5-7-15-8-6-13/h10H,1,5-8H2,2-4H3. The first-order valence-corrected chi connectivity index (χ1v) is 5.44. The molecule has 1 rings (SSSR count). The number of nitrogens with zero attached hydrogens (tertiary/aromatic N) is 2. The number of carbonyl (C=O) groups excluding carboxylic acids is 1. The van der Waals surface area contributed by atoms with Gasteiger partial charge in [-0.1, -0.05) is 6.58 Å². The van der Waals surface area contributed by atoms with Crippen molar-refractivity contribution >= 4 is 5.97 Å². The van der Waals surface area contributed by atoms with E-state index in [0.29, 0.717) is 18.8 Å². The van der Waals surface area contributed by atoms with Crippen LogP contribution in [0.1, 0.15) is 13.8 Å². The molecule has 92 valence electrons. The monoisotopic (exact) mass is 228 g/mol. The van der Waals surface area contributed by atoms with Gasteiger partial charge in [0, 0.05) is 25.7 Å². The van der Waals surface area contributed by atoms with E-state index >= 15 is 0 Å². The van der Waals surface area contributed by atoms with Gasteiger partial charge in [-0.25, -0.2) is 14.8 Å². The van der Waals surface area contributed by atoms with Gasteiger partial charge in [-0.15, -0.1) is 0 Å². The van der Waals surface area contributed by atoms with Crippen molar-refractivity contribution in [2.75, 3.05) is 33.4 Å². The molecule has 0 aromatic heterocycles. The third-order valence-electron chi connectivity index (χ3n) is 2.59. The Balaban J connectivity index is 2.42. The van der Waals surface area contributed by atoms with E-state index in [1.807, 2.05) is 19.0 Å². The number of carbonyl (C=O) groups is 1. The summed E-state index contributed by atoms with van der Waals surface area (Å²) in [5.74, 6) is -0.354. The number of rotatable bonds is 4. The van der Waals surface area contributed by atoms with Crippen LogP contribution < -0.4 is 0 Å². The van der Waals surface area contributed by atoms with Crippen LogP contribution >= 0.6 is 0 Å². The summed E-state index contributed by atoms with van der Waals surface area (Å²) < 4.78 is 10.5. The molecule has 1 aliphatic heterocycles. The summed E-state index contributed by atoms with van der Waals surface area (Å²) in [7, 11) is 1.90. The van der Waals surface area contributed by atoms with Crippen LogP contribution in [0.5, 0.6) is 0 Å². The number of hydrogen-bond acceptors (Lipinski definition) is 5. The minimum absolute atomic E-state index is 0.290. The second-order valence-corrected chi connectivity index (χ2v) is 3.92. The van der Waals surface area contributed by atoms with Crippen LogP contribution in [0.3, 0.4) is 0 Å². The molecule has 1 heterocycles. The van der Waals surface area contributed by atoms with Gasteiger partial charge in [0.2, 0.25) is 0 Å². The SMILES string of the molecule is C=C(C)C(=O)OC(C)N(C)N1CCOCC1. The Labute approximate surface area is 96.6 Å². The van der Waals surface area contributed by atoms with Crippen molar-refractivity contribution in [1.82, 2.24) is 10.0 Å². The molecule has 1 fully saturated rings. The molecule has 0 N–H and O–H groups in total. The highest BCUT2D eigenvalue weighted by Crippen LogP contribution is 2.08. The molecular weight excluding hydrogens is 208 g/mol. The molecule has 16 heavy (non-hydrogen) atoms. The predicted molar refractivity (Wildman–Crippen MR) is 60.5 cm³/mol. The Morgan fingerprint density at radius 1 is 1.50 bits per heavy atom. The molecule has 0 spiro atoms. The second kappa shape index (κ2) is 5.98. The molecule has 0 aromatic rings. The molecule has 0 radical (unpaired) electrons. The zero-order valence-corrected chi connectivity index (χ0v) is 10.2. The average Bonchev–Trinajstić information content (AvgIpc) is 2.28. The quantitative estimate of drug-likeness (QED) is 0.401. The smallest absolute Gasteiger partial charge is 0.334 e. The van der Waals surface area contributed by atoms with E-state index in [9.17, 15) is 4.79 Å². The Kier molecular flexibility index (Phi) is 4.92. The highest BCUT2D eigenvalue weighted by atomic mass is 16.6. The van der Waals surface area contributed by atoms with Crippen LogP contribution in [0.15, 0.2) is 12.2 Å². The van der Waals surface area contributed by atoms with E-state index < -0.39 is 0 Å². The maximum atomic E-state index is 11.3. The summed E-state index contributed by atoms with van der Waals surface area (Å²) in [6.45, 7) is 10.1. The zero-order valence-electron chi connectivity index (χ0n) is 10.2. The summed E-state index contributed by atoms with van der Waals surface area (Å²) in [4.78, 5) is 11.3. The van der Waals surface area contributed by atoms with E-state index in [1.165, 1.54) is 0 Å². The lowest BCUT2D eigenvalue weighted by atomic mass is 10.4. The average molecular weight is 228 g/mol. The maximum absolute atomic E-state index is 11.3. The lowest BCUT2D eigenvalue weighted by Crippen LogP contribution is -2.51. The molecule has 1 aliphatic rings. The lowest BCUT2D eigenvalue weighted by Gasteiger charge is -2.37. The molecule has 0 bridgehead atoms. The molecule has 0 saturated carbocycles. The van der Waals surface area contributed by atoms with Crippen LogP contribution in [-0.2, 0) is 14.3 Å². The third-order valence-corrected chi connectivity index (χ3v) is 2.59. The van der Waals surface area contributed by atoms with Gasteiger partial charge in [0.15, 0.2) is 6.23 Å². The van der Waals surface area contributed by atoms with E-state index in [0.717, 1.165) is 13.1 Å². The Bertz CT molecular complexity index is 262. The molecule has 1 atom stereocenters. The van der Waals surface area contributed by atoms with Crippen molar-refractivity contribution in [2.45, 2.75) is 20.1 Å². The molecule has 5 nitrogen and oxygen atoms in total. The first-order valence-electron chi connectivity index (χ1n) is 5.44. The van der Waals surface area contributed by atoms with Crippen molar-refractivity contribution in [3.63, 3.8) is 0 Å². The zero-order chi connectivity index (χ0) is 12.1. The third kappa shape index (κ3) is 3.59. The summed E-state index contributed by atoms with van der Waals surface area (Å²) in [6.07, 6.45) is -0.290. The largest absolute Gasteiger partial charge is 0.442 e. The van der Waals surface area contributed by atoms with Crippen LogP contribution in [0, 0.1) is 0 Å². The first kappa shape index (κ1) is 13.2. The van der Waals surface area contributed by atoms with E-state index in [-0.39, 0.29) is 12.2 Å². The van der Waals surface area contributed by atoms with Crippen LogP contribution in [0.25, 0.3) is 0 Å². The highest BCUT2D eigenvalue weighted by molar-refractivity contribution is 5.87.